The molecule has 0 aliphatic carbocycles. The molecule has 0 aromatic rings. The first-order chi connectivity index (χ1) is 8.65. The lowest BCUT2D eigenvalue weighted by molar-refractivity contribution is 0.153. The maximum absolute atomic E-state index is 11.0. The molecule has 2 amide bonds. The van der Waals surface area contributed by atoms with Crippen LogP contribution in [0.3, 0.4) is 0 Å². The molecule has 108 valence electrons. The minimum Gasteiger partial charge on any atom is -0.464 e. The zero-order valence-corrected chi connectivity index (χ0v) is 11.5. The molecular weight excluding hydrogens is 296 g/mol. The number of nitrogens with two attached hydrogens (primary N) is 2. The molecule has 1 unspecified atom stereocenters. The van der Waals surface area contributed by atoms with Crippen molar-refractivity contribution in [1.82, 2.24) is 8.61 Å². The van der Waals surface area contributed by atoms with Crippen LogP contribution < -0.4 is 11.5 Å². The topological polar surface area (TPSA) is 181 Å². The SMILES string of the molecule is CC(CN(SC(=N)N)C(=O)O)N(SC(=N)N)C(=O)O. The van der Waals surface area contributed by atoms with Crippen molar-refractivity contribution in [2.24, 2.45) is 11.5 Å². The highest BCUT2D eigenvalue weighted by Crippen LogP contribution is 2.18. The van der Waals surface area contributed by atoms with Crippen molar-refractivity contribution in [2.75, 3.05) is 6.54 Å². The highest BCUT2D eigenvalue weighted by Gasteiger charge is 2.26. The number of amides is 2. The Hall–Kier alpha value is -1.82. The van der Waals surface area contributed by atoms with Gasteiger partial charge >= 0.3 is 12.2 Å². The van der Waals surface area contributed by atoms with E-state index in [0.29, 0.717) is 23.9 Å². The number of carboxylic acid groups (broad SMARTS) is 2. The largest absolute Gasteiger partial charge is 0.464 e. The van der Waals surface area contributed by atoms with E-state index in [1.807, 2.05) is 0 Å². The standard InChI is InChI=1S/C7H14N6O4S2/c1-3(13(7(16)17)19-5(10)11)2-12(6(14)15)18-4(8)9/h3H,2H2,1H3,(H3,8,9)(H3,10,11)(H,14,15)(H,16,17). The average molecular weight is 310 g/mol. The van der Waals surface area contributed by atoms with Crippen molar-refractivity contribution in [3.05, 3.63) is 0 Å². The molecule has 0 saturated heterocycles. The van der Waals surface area contributed by atoms with E-state index in [-0.39, 0.29) is 6.54 Å². The van der Waals surface area contributed by atoms with E-state index < -0.39 is 28.6 Å². The Balaban J connectivity index is 4.79. The Kier molecular flexibility index (Phi) is 6.85. The van der Waals surface area contributed by atoms with Gasteiger partial charge in [0.1, 0.15) is 0 Å². The first-order valence-corrected chi connectivity index (χ1v) is 6.26. The number of nitrogens with zero attached hydrogens (tertiary/aromatic N) is 2. The Morgan fingerprint density at radius 3 is 1.95 bits per heavy atom. The summed E-state index contributed by atoms with van der Waals surface area (Å²) in [5, 5.41) is 31.0. The highest BCUT2D eigenvalue weighted by atomic mass is 32.2. The third-order valence-corrected chi connectivity index (χ3v) is 3.27. The second-order valence-electron chi connectivity index (χ2n) is 3.21. The highest BCUT2D eigenvalue weighted by molar-refractivity contribution is 8.12. The maximum atomic E-state index is 11.0. The number of amidine groups is 2. The Morgan fingerprint density at radius 2 is 1.63 bits per heavy atom. The van der Waals surface area contributed by atoms with Crippen LogP contribution in [-0.2, 0) is 0 Å². The van der Waals surface area contributed by atoms with Gasteiger partial charge in [-0.2, -0.15) is 0 Å². The normalized spacial score (nSPS) is 11.4. The number of carbonyl (C=O) groups is 2. The second kappa shape index (κ2) is 7.58. The van der Waals surface area contributed by atoms with E-state index in [4.69, 9.17) is 32.5 Å². The number of hydrogen-bond acceptors (Lipinski definition) is 6. The third kappa shape index (κ3) is 6.61. The number of nitrogens with one attached hydrogen (secondary N) is 2. The second-order valence-corrected chi connectivity index (χ2v) is 5.29. The molecule has 0 fully saturated rings. The van der Waals surface area contributed by atoms with Crippen molar-refractivity contribution in [3.8, 4) is 0 Å². The molecule has 12 heteroatoms. The quantitative estimate of drug-likeness (QED) is 0.246. The number of hydrogen-bond donors (Lipinski definition) is 6. The van der Waals surface area contributed by atoms with Crippen LogP contribution in [0.15, 0.2) is 0 Å². The van der Waals surface area contributed by atoms with Crippen molar-refractivity contribution in [3.63, 3.8) is 0 Å². The molecule has 10 nitrogen and oxygen atoms in total. The molecule has 0 rings (SSSR count). The van der Waals surface area contributed by atoms with Gasteiger partial charge in [-0.3, -0.25) is 10.8 Å². The van der Waals surface area contributed by atoms with Gasteiger partial charge < -0.3 is 21.7 Å². The molecule has 1 atom stereocenters. The molecule has 0 heterocycles. The molecule has 19 heavy (non-hydrogen) atoms. The van der Waals surface area contributed by atoms with Crippen LogP contribution >= 0.6 is 23.9 Å². The molecule has 0 aliphatic rings. The van der Waals surface area contributed by atoms with Crippen LogP contribution in [0, 0.1) is 10.8 Å². The van der Waals surface area contributed by atoms with Gasteiger partial charge in [0.25, 0.3) is 0 Å². The Morgan fingerprint density at radius 1 is 1.16 bits per heavy atom. The molecule has 0 spiro atoms. The van der Waals surface area contributed by atoms with Gasteiger partial charge in [0, 0.05) is 23.9 Å². The molecule has 0 saturated carbocycles. The van der Waals surface area contributed by atoms with E-state index in [2.05, 4.69) is 0 Å². The smallest absolute Gasteiger partial charge is 0.418 e. The lowest BCUT2D eigenvalue weighted by Gasteiger charge is -2.27. The van der Waals surface area contributed by atoms with Crippen molar-refractivity contribution >= 4 is 46.4 Å². The molecule has 0 aromatic carbocycles. The van der Waals surface area contributed by atoms with Crippen molar-refractivity contribution in [2.45, 2.75) is 13.0 Å². The lowest BCUT2D eigenvalue weighted by Crippen LogP contribution is -2.42. The Labute approximate surface area is 117 Å². The monoisotopic (exact) mass is 310 g/mol. The summed E-state index contributed by atoms with van der Waals surface area (Å²) in [6.07, 6.45) is -2.71. The van der Waals surface area contributed by atoms with E-state index in [1.54, 1.807) is 0 Å². The molecule has 0 aliphatic heterocycles. The van der Waals surface area contributed by atoms with Gasteiger partial charge in [-0.1, -0.05) is 0 Å². The van der Waals surface area contributed by atoms with Crippen LogP contribution in [0.5, 0.6) is 0 Å². The van der Waals surface area contributed by atoms with Crippen molar-refractivity contribution in [1.29, 1.82) is 10.8 Å². The summed E-state index contributed by atoms with van der Waals surface area (Å²) in [5.41, 5.74) is 10.2. The molecule has 0 bridgehead atoms. The summed E-state index contributed by atoms with van der Waals surface area (Å²) >= 11 is 0.935. The first kappa shape index (κ1) is 17.2. The van der Waals surface area contributed by atoms with Gasteiger partial charge in [0.05, 0.1) is 12.6 Å². The summed E-state index contributed by atoms with van der Waals surface area (Å²) in [6.45, 7) is 1.22. The molecule has 0 radical (unpaired) electrons. The molecular formula is C7H14N6O4S2. The summed E-state index contributed by atoms with van der Waals surface area (Å²) in [7, 11) is 0. The fourth-order valence-corrected chi connectivity index (χ4v) is 2.15. The summed E-state index contributed by atoms with van der Waals surface area (Å²) in [5.74, 6) is 0. The van der Waals surface area contributed by atoms with Gasteiger partial charge in [0.15, 0.2) is 10.3 Å². The van der Waals surface area contributed by atoms with E-state index in [9.17, 15) is 9.59 Å². The van der Waals surface area contributed by atoms with Gasteiger partial charge in [0.2, 0.25) is 0 Å². The van der Waals surface area contributed by atoms with E-state index in [0.717, 1.165) is 8.61 Å². The zero-order chi connectivity index (χ0) is 15.2. The van der Waals surface area contributed by atoms with Crippen LogP contribution in [-0.4, -0.2) is 53.9 Å². The minimum absolute atomic E-state index is 0.230. The fourth-order valence-electron chi connectivity index (χ4n) is 1.01. The summed E-state index contributed by atoms with van der Waals surface area (Å²) < 4.78 is 1.47. The van der Waals surface area contributed by atoms with Crippen LogP contribution in [0.1, 0.15) is 6.92 Å². The van der Waals surface area contributed by atoms with Crippen LogP contribution in [0.4, 0.5) is 9.59 Å². The molecule has 0 aromatic heterocycles. The predicted octanol–water partition coefficient (Wildman–Crippen LogP) is 0.418. The number of rotatable bonds is 3. The minimum atomic E-state index is -1.36. The van der Waals surface area contributed by atoms with Crippen LogP contribution in [0.25, 0.3) is 0 Å². The van der Waals surface area contributed by atoms with E-state index >= 15 is 0 Å². The maximum Gasteiger partial charge on any atom is 0.418 e. The molecule has 8 N–H and O–H groups in total. The van der Waals surface area contributed by atoms with E-state index in [1.165, 1.54) is 6.92 Å². The average Bonchev–Trinajstić information content (AvgIpc) is 2.23. The first-order valence-electron chi connectivity index (χ1n) is 4.71. The lowest BCUT2D eigenvalue weighted by atomic mass is 10.3. The van der Waals surface area contributed by atoms with Gasteiger partial charge in [-0.05, 0) is 6.92 Å². The summed E-state index contributed by atoms with van der Waals surface area (Å²) in [6, 6.07) is -0.783. The predicted molar refractivity (Wildman–Crippen MR) is 73.1 cm³/mol. The van der Waals surface area contributed by atoms with Crippen molar-refractivity contribution < 1.29 is 19.8 Å². The third-order valence-electron chi connectivity index (χ3n) is 1.64. The van der Waals surface area contributed by atoms with Gasteiger partial charge in [-0.15, -0.1) is 0 Å². The Bertz CT molecular complexity index is 392. The zero-order valence-electron chi connectivity index (χ0n) is 9.86. The fraction of sp³-hybridized carbons (Fsp3) is 0.429. The van der Waals surface area contributed by atoms with Gasteiger partial charge in [-0.25, -0.2) is 18.2 Å². The summed E-state index contributed by atoms with van der Waals surface area (Å²) in [4.78, 5) is 21.9. The van der Waals surface area contributed by atoms with Crippen LogP contribution in [0.2, 0.25) is 0 Å².